The quantitative estimate of drug-likeness (QED) is 0.185. The molecule has 1 heterocycles. The second-order valence-corrected chi connectivity index (χ2v) is 6.60. The number of hydrogen-bond donors (Lipinski definition) is 3. The first kappa shape index (κ1) is 22.2. The minimum atomic E-state index is 0.403. The van der Waals surface area contributed by atoms with Gasteiger partial charge in [0.2, 0.25) is 6.41 Å². The molecule has 0 aliphatic rings. The molecule has 0 bridgehead atoms. The number of halogens is 1. The van der Waals surface area contributed by atoms with Gasteiger partial charge in [-0.15, -0.1) is 0 Å². The number of anilines is 1. The van der Waals surface area contributed by atoms with Crippen molar-refractivity contribution in [2.24, 2.45) is 5.84 Å². The van der Waals surface area contributed by atoms with Crippen molar-refractivity contribution in [1.82, 2.24) is 10.4 Å². The lowest BCUT2D eigenvalue weighted by atomic mass is 10.0. The van der Waals surface area contributed by atoms with E-state index in [9.17, 15) is 0 Å². The Morgan fingerprint density at radius 1 is 1.14 bits per heavy atom. The third kappa shape index (κ3) is 5.94. The summed E-state index contributed by atoms with van der Waals surface area (Å²) in [7, 11) is 1.93. The monoisotopic (exact) mass is 412 g/mol. The second kappa shape index (κ2) is 11.0. The van der Waals surface area contributed by atoms with Crippen LogP contribution in [0.15, 0.2) is 54.7 Å². The number of benzene rings is 2. The lowest BCUT2D eigenvalue weighted by molar-refractivity contribution is -0.109. The van der Waals surface area contributed by atoms with Gasteiger partial charge < -0.3 is 10.1 Å². The van der Waals surface area contributed by atoms with E-state index in [-0.39, 0.29) is 0 Å². The van der Waals surface area contributed by atoms with Crippen LogP contribution < -0.4 is 21.3 Å². The van der Waals surface area contributed by atoms with E-state index in [1.54, 1.807) is 11.6 Å². The summed E-state index contributed by atoms with van der Waals surface area (Å²) < 4.78 is 6.08. The molecule has 0 spiro atoms. The number of nitrogens with two attached hydrogens (primary N) is 1. The molecule has 1 aromatic heterocycles. The van der Waals surface area contributed by atoms with Crippen LogP contribution in [0.25, 0.3) is 11.1 Å². The van der Waals surface area contributed by atoms with Crippen molar-refractivity contribution in [3.8, 4) is 16.9 Å². The lowest BCUT2D eigenvalue weighted by Crippen LogP contribution is -2.18. The van der Waals surface area contributed by atoms with Gasteiger partial charge in [0.15, 0.2) is 0 Å². The van der Waals surface area contributed by atoms with Crippen molar-refractivity contribution in [1.29, 1.82) is 0 Å². The van der Waals surface area contributed by atoms with Crippen molar-refractivity contribution < 1.29 is 9.53 Å². The Hall–Kier alpha value is -3.09. The van der Waals surface area contributed by atoms with Crippen LogP contribution in [0.5, 0.6) is 5.75 Å². The number of hydrogen-bond acceptors (Lipinski definition) is 5. The van der Waals surface area contributed by atoms with Crippen molar-refractivity contribution in [3.05, 3.63) is 76.6 Å². The summed E-state index contributed by atoms with van der Waals surface area (Å²) in [5.41, 5.74) is 8.26. The zero-order valence-corrected chi connectivity index (χ0v) is 17.5. The second-order valence-electron chi connectivity index (χ2n) is 6.25. The number of nitrogens with one attached hydrogen (secondary N) is 2. The standard InChI is InChI=1S/C21H21ClN2O.CH4N2O/c1-14-6-4-8-19(23-3)18(14)13-25-20-10-9-16(12-15(20)2)17-7-5-11-24-21(17)22;2-3-1-4/h4-12,23H,13H2,1-3H3;1H,2H2,(H,3,4). The number of ether oxygens (including phenoxy) is 1. The third-order valence-electron chi connectivity index (χ3n) is 4.36. The molecule has 3 aromatic rings. The van der Waals surface area contributed by atoms with Gasteiger partial charge in [0.05, 0.1) is 0 Å². The first-order valence-corrected chi connectivity index (χ1v) is 9.40. The maximum absolute atomic E-state index is 8.94. The van der Waals surface area contributed by atoms with E-state index in [0.717, 1.165) is 28.1 Å². The number of pyridine rings is 1. The molecule has 0 fully saturated rings. The van der Waals surface area contributed by atoms with E-state index in [0.29, 0.717) is 18.2 Å². The molecule has 0 unspecified atom stereocenters. The molecule has 6 nitrogen and oxygen atoms in total. The summed E-state index contributed by atoms with van der Waals surface area (Å²) in [5, 5.41) is 3.73. The van der Waals surface area contributed by atoms with E-state index in [4.69, 9.17) is 21.1 Å². The Kier molecular flexibility index (Phi) is 8.45. The van der Waals surface area contributed by atoms with Crippen LogP contribution in [-0.2, 0) is 11.4 Å². The Morgan fingerprint density at radius 3 is 2.52 bits per heavy atom. The Balaban J connectivity index is 0.000000687. The van der Waals surface area contributed by atoms with Crippen LogP contribution in [0, 0.1) is 13.8 Å². The van der Waals surface area contributed by atoms with Gasteiger partial charge in [-0.1, -0.05) is 29.8 Å². The summed E-state index contributed by atoms with van der Waals surface area (Å²) in [6.07, 6.45) is 2.09. The first-order valence-electron chi connectivity index (χ1n) is 9.02. The number of aryl methyl sites for hydroxylation is 2. The molecular formula is C22H25ClN4O2. The molecular weight excluding hydrogens is 388 g/mol. The van der Waals surface area contributed by atoms with Gasteiger partial charge in [-0.2, -0.15) is 0 Å². The van der Waals surface area contributed by atoms with Gasteiger partial charge >= 0.3 is 0 Å². The lowest BCUT2D eigenvalue weighted by Gasteiger charge is -2.15. The van der Waals surface area contributed by atoms with Crippen LogP contribution in [-0.4, -0.2) is 18.4 Å². The number of rotatable bonds is 6. The molecule has 0 aliphatic carbocycles. The van der Waals surface area contributed by atoms with Crippen LogP contribution in [0.1, 0.15) is 16.7 Å². The maximum atomic E-state index is 8.94. The molecule has 0 atom stereocenters. The molecule has 3 rings (SSSR count). The third-order valence-corrected chi connectivity index (χ3v) is 4.67. The molecule has 0 aliphatic heterocycles. The number of hydrazine groups is 1. The summed E-state index contributed by atoms with van der Waals surface area (Å²) >= 11 is 6.19. The topological polar surface area (TPSA) is 89.3 Å². The average Bonchev–Trinajstić information content (AvgIpc) is 2.74. The fourth-order valence-corrected chi connectivity index (χ4v) is 3.09. The van der Waals surface area contributed by atoms with Gasteiger partial charge in [-0.3, -0.25) is 10.2 Å². The van der Waals surface area contributed by atoms with Crippen LogP contribution in [0.3, 0.4) is 0 Å². The molecule has 0 saturated heterocycles. The van der Waals surface area contributed by atoms with E-state index in [1.165, 1.54) is 11.1 Å². The van der Waals surface area contributed by atoms with Crippen molar-refractivity contribution >= 4 is 23.7 Å². The number of carbonyl (C=O) groups excluding carboxylic acids is 1. The summed E-state index contributed by atoms with van der Waals surface area (Å²) in [6.45, 7) is 4.66. The zero-order valence-electron chi connectivity index (χ0n) is 16.7. The number of amides is 1. The predicted octanol–water partition coefficient (Wildman–Crippen LogP) is 4.25. The normalized spacial score (nSPS) is 9.83. The number of nitrogens with zero attached hydrogens (tertiary/aromatic N) is 1. The number of aromatic nitrogens is 1. The Labute approximate surface area is 176 Å². The van der Waals surface area contributed by atoms with Gasteiger partial charge in [-0.25, -0.2) is 10.8 Å². The first-order chi connectivity index (χ1) is 14.0. The zero-order chi connectivity index (χ0) is 21.2. The highest BCUT2D eigenvalue weighted by molar-refractivity contribution is 6.32. The molecule has 1 amide bonds. The largest absolute Gasteiger partial charge is 0.489 e. The van der Waals surface area contributed by atoms with Crippen molar-refractivity contribution in [2.75, 3.05) is 12.4 Å². The van der Waals surface area contributed by atoms with E-state index < -0.39 is 0 Å². The van der Waals surface area contributed by atoms with Gasteiger partial charge in [0, 0.05) is 30.1 Å². The molecule has 2 aromatic carbocycles. The highest BCUT2D eigenvalue weighted by Gasteiger charge is 2.09. The Bertz CT molecular complexity index is 963. The fraction of sp³-hybridized carbons (Fsp3) is 0.182. The minimum absolute atomic E-state index is 0.403. The molecule has 0 saturated carbocycles. The fourth-order valence-electron chi connectivity index (χ4n) is 2.86. The molecule has 29 heavy (non-hydrogen) atoms. The summed E-state index contributed by atoms with van der Waals surface area (Å²) in [6, 6.07) is 16.1. The minimum Gasteiger partial charge on any atom is -0.489 e. The van der Waals surface area contributed by atoms with Gasteiger partial charge in [0.25, 0.3) is 0 Å². The highest BCUT2D eigenvalue weighted by Crippen LogP contribution is 2.30. The average molecular weight is 413 g/mol. The maximum Gasteiger partial charge on any atom is 0.221 e. The van der Waals surface area contributed by atoms with E-state index in [2.05, 4.69) is 41.3 Å². The van der Waals surface area contributed by atoms with Crippen molar-refractivity contribution in [3.63, 3.8) is 0 Å². The van der Waals surface area contributed by atoms with Gasteiger partial charge in [-0.05, 0) is 60.9 Å². The summed E-state index contributed by atoms with van der Waals surface area (Å²) in [5.74, 6) is 5.28. The molecule has 7 heteroatoms. The van der Waals surface area contributed by atoms with Crippen LogP contribution in [0.2, 0.25) is 5.15 Å². The summed E-state index contributed by atoms with van der Waals surface area (Å²) in [4.78, 5) is 13.1. The van der Waals surface area contributed by atoms with E-state index >= 15 is 0 Å². The molecule has 152 valence electrons. The predicted molar refractivity (Wildman–Crippen MR) is 118 cm³/mol. The van der Waals surface area contributed by atoms with Crippen LogP contribution in [0.4, 0.5) is 5.69 Å². The number of carbonyl (C=O) groups is 1. The van der Waals surface area contributed by atoms with Gasteiger partial charge in [0.1, 0.15) is 17.5 Å². The van der Waals surface area contributed by atoms with Crippen LogP contribution >= 0.6 is 11.6 Å². The molecule has 4 N–H and O–H groups in total. The van der Waals surface area contributed by atoms with E-state index in [1.807, 2.05) is 44.3 Å². The Morgan fingerprint density at radius 2 is 1.90 bits per heavy atom. The SMILES string of the molecule is CNc1cccc(C)c1COc1ccc(-c2cccnc2Cl)cc1C.NNC=O. The van der Waals surface area contributed by atoms with Crippen molar-refractivity contribution in [2.45, 2.75) is 20.5 Å². The highest BCUT2D eigenvalue weighted by atomic mass is 35.5. The smallest absolute Gasteiger partial charge is 0.221 e. The molecule has 0 radical (unpaired) electrons.